The Kier molecular flexibility index (Phi) is 3.44. The van der Waals surface area contributed by atoms with Crippen molar-refractivity contribution in [2.24, 2.45) is 0 Å². The topological polar surface area (TPSA) is 56.5 Å². The van der Waals surface area contributed by atoms with Crippen molar-refractivity contribution in [1.29, 1.82) is 0 Å². The van der Waals surface area contributed by atoms with Crippen molar-refractivity contribution >= 4 is 11.3 Å². The van der Waals surface area contributed by atoms with E-state index in [0.717, 1.165) is 32.5 Å². The third kappa shape index (κ3) is 2.64. The zero-order chi connectivity index (χ0) is 15.6. The maximum absolute atomic E-state index is 4.64. The molecule has 4 aromatic heterocycles. The summed E-state index contributed by atoms with van der Waals surface area (Å²) in [4.78, 5) is 13.2. The molecule has 6 heteroatoms. The number of aromatic nitrogens is 5. The molecular weight excluding hydrogens is 306 g/mol. The van der Waals surface area contributed by atoms with Gasteiger partial charge in [0.25, 0.3) is 0 Å². The van der Waals surface area contributed by atoms with Gasteiger partial charge in [-0.3, -0.25) is 9.97 Å². The Bertz CT molecular complexity index is 928. The first-order valence-electron chi connectivity index (χ1n) is 7.15. The minimum atomic E-state index is 0.911. The predicted molar refractivity (Wildman–Crippen MR) is 90.4 cm³/mol. The van der Waals surface area contributed by atoms with Gasteiger partial charge in [0, 0.05) is 35.9 Å². The number of hydrogen-bond donors (Lipinski definition) is 0. The van der Waals surface area contributed by atoms with E-state index in [0.29, 0.717) is 0 Å². The molecule has 0 N–H and O–H groups in total. The van der Waals surface area contributed by atoms with E-state index >= 15 is 0 Å². The lowest BCUT2D eigenvalue weighted by Crippen LogP contribution is -1.92. The first-order valence-corrected chi connectivity index (χ1v) is 7.97. The Morgan fingerprint density at radius 1 is 1.00 bits per heavy atom. The fourth-order valence-electron chi connectivity index (χ4n) is 2.31. The highest BCUT2D eigenvalue weighted by molar-refractivity contribution is 7.17. The third-order valence-electron chi connectivity index (χ3n) is 3.43. The quantitative estimate of drug-likeness (QED) is 0.577. The molecule has 5 nitrogen and oxygen atoms in total. The van der Waals surface area contributed by atoms with E-state index in [-0.39, 0.29) is 0 Å². The van der Waals surface area contributed by atoms with E-state index in [4.69, 9.17) is 0 Å². The zero-order valence-electron chi connectivity index (χ0n) is 12.4. The fraction of sp³-hybridized carbons (Fsp3) is 0.0588. The molecule has 0 spiro atoms. The average Bonchev–Trinajstić information content (AvgIpc) is 3.23. The smallest absolute Gasteiger partial charge is 0.140 e. The summed E-state index contributed by atoms with van der Waals surface area (Å²) in [6.45, 7) is 1.99. The second-order valence-electron chi connectivity index (χ2n) is 5.04. The van der Waals surface area contributed by atoms with Crippen LogP contribution in [0, 0.1) is 6.92 Å². The second-order valence-corrected chi connectivity index (χ2v) is 6.02. The van der Waals surface area contributed by atoms with Crippen LogP contribution in [0.15, 0.2) is 61.3 Å². The molecule has 0 atom stereocenters. The van der Waals surface area contributed by atoms with Crippen LogP contribution in [0.25, 0.3) is 26.8 Å². The molecule has 4 heterocycles. The normalized spacial score (nSPS) is 10.8. The van der Waals surface area contributed by atoms with Gasteiger partial charge in [-0.1, -0.05) is 17.4 Å². The molecule has 4 aromatic rings. The van der Waals surface area contributed by atoms with Crippen LogP contribution in [0.1, 0.15) is 5.69 Å². The largest absolute Gasteiger partial charge is 0.264 e. The Balaban J connectivity index is 1.72. The highest BCUT2D eigenvalue weighted by Gasteiger charge is 2.13. The van der Waals surface area contributed by atoms with Crippen LogP contribution in [0.2, 0.25) is 0 Å². The van der Waals surface area contributed by atoms with Crippen LogP contribution >= 0.6 is 11.3 Å². The minimum absolute atomic E-state index is 0.911. The molecule has 0 aliphatic rings. The number of rotatable bonds is 3. The van der Waals surface area contributed by atoms with E-state index in [1.54, 1.807) is 23.7 Å². The first kappa shape index (κ1) is 13.8. The monoisotopic (exact) mass is 319 g/mol. The molecule has 0 unspecified atom stereocenters. The molecule has 0 radical (unpaired) electrons. The lowest BCUT2D eigenvalue weighted by atomic mass is 10.2. The summed E-state index contributed by atoms with van der Waals surface area (Å²) in [6, 6.07) is 9.78. The van der Waals surface area contributed by atoms with E-state index in [1.165, 1.54) is 0 Å². The van der Waals surface area contributed by atoms with Crippen molar-refractivity contribution in [3.05, 3.63) is 67.0 Å². The van der Waals surface area contributed by atoms with Crippen LogP contribution in [-0.2, 0) is 0 Å². The molecule has 4 rings (SSSR count). The molecule has 0 saturated heterocycles. The standard InChI is InChI=1S/C17H13N5S/c1-12-17(23-16(21-12)13-5-4-7-18-9-13)22-11-14(10-20-22)15-6-2-3-8-19-15/h2-11H,1H3. The van der Waals surface area contributed by atoms with Crippen LogP contribution in [0.5, 0.6) is 0 Å². The van der Waals surface area contributed by atoms with Gasteiger partial charge in [0.2, 0.25) is 0 Å². The Morgan fingerprint density at radius 3 is 2.74 bits per heavy atom. The van der Waals surface area contributed by atoms with Crippen molar-refractivity contribution in [2.45, 2.75) is 6.92 Å². The molecule has 0 amide bonds. The summed E-state index contributed by atoms with van der Waals surface area (Å²) in [5.41, 5.74) is 3.86. The number of aryl methyl sites for hydroxylation is 1. The summed E-state index contributed by atoms with van der Waals surface area (Å²) in [6.07, 6.45) is 9.17. The minimum Gasteiger partial charge on any atom is -0.264 e. The van der Waals surface area contributed by atoms with Crippen molar-refractivity contribution < 1.29 is 0 Å². The Morgan fingerprint density at radius 2 is 1.96 bits per heavy atom. The number of pyridine rings is 2. The first-order chi connectivity index (χ1) is 11.3. The third-order valence-corrected chi connectivity index (χ3v) is 4.63. The number of nitrogens with zero attached hydrogens (tertiary/aromatic N) is 5. The highest BCUT2D eigenvalue weighted by Crippen LogP contribution is 2.30. The van der Waals surface area contributed by atoms with E-state index in [1.807, 2.05) is 60.5 Å². The van der Waals surface area contributed by atoms with Gasteiger partial charge in [0.05, 0.1) is 17.6 Å². The number of thiazole rings is 1. The molecule has 0 aliphatic carbocycles. The molecular formula is C17H13N5S. The van der Waals surface area contributed by atoms with Gasteiger partial charge in [-0.15, -0.1) is 0 Å². The maximum Gasteiger partial charge on any atom is 0.140 e. The summed E-state index contributed by atoms with van der Waals surface area (Å²) < 4.78 is 1.86. The van der Waals surface area contributed by atoms with Crippen molar-refractivity contribution in [3.63, 3.8) is 0 Å². The average molecular weight is 319 g/mol. The fourth-order valence-corrected chi connectivity index (χ4v) is 3.30. The molecule has 23 heavy (non-hydrogen) atoms. The van der Waals surface area contributed by atoms with E-state index in [9.17, 15) is 0 Å². The summed E-state index contributed by atoms with van der Waals surface area (Å²) >= 11 is 1.60. The summed E-state index contributed by atoms with van der Waals surface area (Å²) in [5.74, 6) is 0. The molecule has 112 valence electrons. The molecule has 0 saturated carbocycles. The van der Waals surface area contributed by atoms with Crippen LogP contribution in [0.3, 0.4) is 0 Å². The lowest BCUT2D eigenvalue weighted by molar-refractivity contribution is 0.885. The molecule has 0 fully saturated rings. The van der Waals surface area contributed by atoms with E-state index in [2.05, 4.69) is 20.1 Å². The van der Waals surface area contributed by atoms with Crippen molar-refractivity contribution in [3.8, 4) is 26.8 Å². The predicted octanol–water partition coefficient (Wildman–Crippen LogP) is 3.76. The summed E-state index contributed by atoms with van der Waals surface area (Å²) in [5, 5.41) is 6.41. The zero-order valence-corrected chi connectivity index (χ0v) is 13.2. The molecule has 0 aliphatic heterocycles. The maximum atomic E-state index is 4.64. The van der Waals surface area contributed by atoms with Gasteiger partial charge in [-0.05, 0) is 31.2 Å². The van der Waals surface area contributed by atoms with Crippen LogP contribution in [0.4, 0.5) is 0 Å². The highest BCUT2D eigenvalue weighted by atomic mass is 32.1. The van der Waals surface area contributed by atoms with Crippen molar-refractivity contribution in [1.82, 2.24) is 24.7 Å². The Labute approximate surface area is 137 Å². The van der Waals surface area contributed by atoms with Gasteiger partial charge < -0.3 is 0 Å². The Hall–Kier alpha value is -2.86. The lowest BCUT2D eigenvalue weighted by Gasteiger charge is -1.97. The van der Waals surface area contributed by atoms with E-state index < -0.39 is 0 Å². The van der Waals surface area contributed by atoms with Gasteiger partial charge >= 0.3 is 0 Å². The number of hydrogen-bond acceptors (Lipinski definition) is 5. The van der Waals surface area contributed by atoms with Gasteiger partial charge in [-0.25, -0.2) is 9.67 Å². The molecule has 0 bridgehead atoms. The van der Waals surface area contributed by atoms with Gasteiger partial charge in [0.1, 0.15) is 10.0 Å². The summed E-state index contributed by atoms with van der Waals surface area (Å²) in [7, 11) is 0. The van der Waals surface area contributed by atoms with Crippen molar-refractivity contribution in [2.75, 3.05) is 0 Å². The SMILES string of the molecule is Cc1nc(-c2cccnc2)sc1-n1cc(-c2ccccn2)cn1. The van der Waals surface area contributed by atoms with Gasteiger partial charge in [-0.2, -0.15) is 5.10 Å². The van der Waals surface area contributed by atoms with Crippen LogP contribution in [-0.4, -0.2) is 24.7 Å². The van der Waals surface area contributed by atoms with Crippen LogP contribution < -0.4 is 0 Å². The second kappa shape index (κ2) is 5.73. The van der Waals surface area contributed by atoms with Gasteiger partial charge in [0.15, 0.2) is 0 Å². The molecule has 0 aromatic carbocycles.